The summed E-state index contributed by atoms with van der Waals surface area (Å²) in [5.41, 5.74) is 4.45. The lowest BCUT2D eigenvalue weighted by Crippen LogP contribution is -2.63. The zero-order chi connectivity index (χ0) is 21.2. The zero-order valence-corrected chi connectivity index (χ0v) is 16.4. The second kappa shape index (κ2) is 10.9. The van der Waals surface area contributed by atoms with Crippen LogP contribution in [-0.4, -0.2) is 82.1 Å². The van der Waals surface area contributed by atoms with E-state index < -0.39 is 28.9 Å². The van der Waals surface area contributed by atoms with Gasteiger partial charge in [0.2, 0.25) is 5.91 Å². The quantitative estimate of drug-likeness (QED) is 0.282. The molecule has 0 aromatic heterocycles. The Morgan fingerprint density at radius 1 is 0.929 bits per heavy atom. The molecular formula is C17H28N2O9. The van der Waals surface area contributed by atoms with Crippen LogP contribution in [0.3, 0.4) is 0 Å². The van der Waals surface area contributed by atoms with E-state index in [0.29, 0.717) is 13.2 Å². The number of esters is 3. The number of ether oxygens (including phenoxy) is 5. The van der Waals surface area contributed by atoms with Gasteiger partial charge in [0.25, 0.3) is 0 Å². The van der Waals surface area contributed by atoms with Crippen LogP contribution in [0, 0.1) is 0 Å². The molecule has 0 saturated carbocycles. The molecule has 0 aromatic carbocycles. The number of methoxy groups -OCH3 is 2. The van der Waals surface area contributed by atoms with Gasteiger partial charge in [0, 0.05) is 0 Å². The molecule has 0 aliphatic carbocycles. The van der Waals surface area contributed by atoms with Crippen LogP contribution in [0.5, 0.6) is 0 Å². The lowest BCUT2D eigenvalue weighted by atomic mass is 9.93. The maximum absolute atomic E-state index is 11.6. The standard InChI is InChI=1S/C11H17NO6.C6H11NO3/c1-3-18-9(14)4-8(13)12-11(6-17-7-11)5-10(15)16-2;1-9-5(8)2-6(7)3-10-4-6/h3-7H2,1-2H3,(H,12,13);2-4,7H2,1H3. The highest BCUT2D eigenvalue weighted by Crippen LogP contribution is 2.22. The van der Waals surface area contributed by atoms with E-state index in [1.165, 1.54) is 14.2 Å². The molecule has 0 bridgehead atoms. The van der Waals surface area contributed by atoms with Crippen LogP contribution in [0.2, 0.25) is 0 Å². The molecule has 2 rings (SSSR count). The van der Waals surface area contributed by atoms with Gasteiger partial charge in [-0.15, -0.1) is 0 Å². The van der Waals surface area contributed by atoms with Gasteiger partial charge in [-0.25, -0.2) is 0 Å². The summed E-state index contributed by atoms with van der Waals surface area (Å²) in [4.78, 5) is 44.6. The van der Waals surface area contributed by atoms with Crippen LogP contribution >= 0.6 is 0 Å². The number of nitrogens with two attached hydrogens (primary N) is 1. The Morgan fingerprint density at radius 2 is 1.46 bits per heavy atom. The molecule has 3 N–H and O–H groups in total. The van der Waals surface area contributed by atoms with Crippen molar-refractivity contribution in [1.29, 1.82) is 0 Å². The van der Waals surface area contributed by atoms with Gasteiger partial charge in [-0.1, -0.05) is 0 Å². The molecule has 11 heteroatoms. The summed E-state index contributed by atoms with van der Waals surface area (Å²) in [6.45, 7) is 3.27. The first-order chi connectivity index (χ1) is 13.2. The third-order valence-corrected chi connectivity index (χ3v) is 3.99. The second-order valence-corrected chi connectivity index (χ2v) is 6.66. The maximum atomic E-state index is 11.6. The van der Waals surface area contributed by atoms with Crippen molar-refractivity contribution in [2.45, 2.75) is 37.3 Å². The highest BCUT2D eigenvalue weighted by atomic mass is 16.5. The third kappa shape index (κ3) is 7.79. The fourth-order valence-electron chi connectivity index (χ4n) is 2.42. The van der Waals surface area contributed by atoms with E-state index in [2.05, 4.69) is 19.5 Å². The first-order valence-electron chi connectivity index (χ1n) is 8.72. The van der Waals surface area contributed by atoms with E-state index in [9.17, 15) is 19.2 Å². The SMILES string of the molecule is CCOC(=O)CC(=O)NC1(CC(=O)OC)COC1.COC(=O)CC1(N)COC1. The van der Waals surface area contributed by atoms with E-state index in [-0.39, 0.29) is 45.1 Å². The van der Waals surface area contributed by atoms with Crippen molar-refractivity contribution in [3.8, 4) is 0 Å². The molecule has 2 aliphatic rings. The summed E-state index contributed by atoms with van der Waals surface area (Å²) in [5.74, 6) is -1.79. The third-order valence-electron chi connectivity index (χ3n) is 3.99. The molecule has 0 spiro atoms. The number of carbonyl (C=O) groups is 4. The monoisotopic (exact) mass is 404 g/mol. The van der Waals surface area contributed by atoms with E-state index >= 15 is 0 Å². The summed E-state index contributed by atoms with van der Waals surface area (Å²) in [5, 5.41) is 2.62. The van der Waals surface area contributed by atoms with Crippen LogP contribution in [0.25, 0.3) is 0 Å². The molecule has 160 valence electrons. The maximum Gasteiger partial charge on any atom is 0.315 e. The number of hydrogen-bond donors (Lipinski definition) is 2. The van der Waals surface area contributed by atoms with Gasteiger partial charge in [0.15, 0.2) is 0 Å². The lowest BCUT2D eigenvalue weighted by Gasteiger charge is -2.41. The fraction of sp³-hybridized carbons (Fsp3) is 0.765. The number of hydrogen-bond acceptors (Lipinski definition) is 10. The van der Waals surface area contributed by atoms with Crippen molar-refractivity contribution in [1.82, 2.24) is 5.32 Å². The predicted octanol–water partition coefficient (Wildman–Crippen LogP) is -1.33. The Bertz CT molecular complexity index is 571. The van der Waals surface area contributed by atoms with E-state index in [1.54, 1.807) is 6.92 Å². The molecule has 11 nitrogen and oxygen atoms in total. The Balaban J connectivity index is 0.000000330. The summed E-state index contributed by atoms with van der Waals surface area (Å²) < 4.78 is 23.5. The van der Waals surface area contributed by atoms with Crippen LogP contribution in [-0.2, 0) is 42.9 Å². The fourth-order valence-corrected chi connectivity index (χ4v) is 2.42. The van der Waals surface area contributed by atoms with Crippen molar-refractivity contribution in [2.24, 2.45) is 5.73 Å². The highest BCUT2D eigenvalue weighted by Gasteiger charge is 2.42. The Kier molecular flexibility index (Phi) is 9.29. The number of nitrogens with one attached hydrogen (secondary N) is 1. The molecule has 2 aliphatic heterocycles. The van der Waals surface area contributed by atoms with Crippen molar-refractivity contribution in [3.05, 3.63) is 0 Å². The van der Waals surface area contributed by atoms with Gasteiger partial charge in [0.05, 0.1) is 71.2 Å². The van der Waals surface area contributed by atoms with E-state index in [0.717, 1.165) is 0 Å². The predicted molar refractivity (Wildman–Crippen MR) is 93.9 cm³/mol. The van der Waals surface area contributed by atoms with Crippen molar-refractivity contribution < 1.29 is 42.9 Å². The molecule has 1 amide bonds. The van der Waals surface area contributed by atoms with Crippen LogP contribution < -0.4 is 11.1 Å². The summed E-state index contributed by atoms with van der Waals surface area (Å²) in [6.07, 6.45) is -0.0850. The van der Waals surface area contributed by atoms with Gasteiger partial charge >= 0.3 is 17.9 Å². The normalized spacial score (nSPS) is 18.1. The van der Waals surface area contributed by atoms with Crippen LogP contribution in [0.1, 0.15) is 26.2 Å². The first-order valence-corrected chi connectivity index (χ1v) is 8.72. The molecule has 0 aromatic rings. The number of amides is 1. The minimum absolute atomic E-state index is 0.0259. The molecule has 0 radical (unpaired) electrons. The smallest absolute Gasteiger partial charge is 0.315 e. The second-order valence-electron chi connectivity index (χ2n) is 6.66. The van der Waals surface area contributed by atoms with Crippen molar-refractivity contribution >= 4 is 23.8 Å². The lowest BCUT2D eigenvalue weighted by molar-refractivity contribution is -0.154. The number of rotatable bonds is 8. The minimum atomic E-state index is -0.753. The van der Waals surface area contributed by atoms with Gasteiger partial charge in [0.1, 0.15) is 6.42 Å². The molecule has 2 saturated heterocycles. The average molecular weight is 404 g/mol. The van der Waals surface area contributed by atoms with Gasteiger partial charge in [-0.05, 0) is 6.92 Å². The van der Waals surface area contributed by atoms with Gasteiger partial charge in [-0.3, -0.25) is 19.2 Å². The molecule has 0 atom stereocenters. The summed E-state index contributed by atoms with van der Waals surface area (Å²) >= 11 is 0. The Labute approximate surface area is 163 Å². The minimum Gasteiger partial charge on any atom is -0.469 e. The summed E-state index contributed by atoms with van der Waals surface area (Å²) in [6, 6.07) is 0. The molecule has 2 fully saturated rings. The van der Waals surface area contributed by atoms with Crippen LogP contribution in [0.15, 0.2) is 0 Å². The van der Waals surface area contributed by atoms with E-state index in [1.807, 2.05) is 0 Å². The Hall–Kier alpha value is -2.24. The molecule has 28 heavy (non-hydrogen) atoms. The van der Waals surface area contributed by atoms with Crippen LogP contribution in [0.4, 0.5) is 0 Å². The molecular weight excluding hydrogens is 376 g/mol. The molecule has 2 heterocycles. The molecule has 0 unspecified atom stereocenters. The summed E-state index contributed by atoms with van der Waals surface area (Å²) in [7, 11) is 2.63. The van der Waals surface area contributed by atoms with Crippen molar-refractivity contribution in [2.75, 3.05) is 47.3 Å². The topological polar surface area (TPSA) is 152 Å². The van der Waals surface area contributed by atoms with Gasteiger partial charge < -0.3 is 34.7 Å². The largest absolute Gasteiger partial charge is 0.469 e. The first kappa shape index (κ1) is 23.8. The zero-order valence-electron chi connectivity index (χ0n) is 16.4. The Morgan fingerprint density at radius 3 is 1.86 bits per heavy atom. The average Bonchev–Trinajstić information content (AvgIpc) is 2.58. The number of carbonyl (C=O) groups excluding carboxylic acids is 4. The van der Waals surface area contributed by atoms with Gasteiger partial charge in [-0.2, -0.15) is 0 Å². The van der Waals surface area contributed by atoms with Crippen molar-refractivity contribution in [3.63, 3.8) is 0 Å². The highest BCUT2D eigenvalue weighted by molar-refractivity contribution is 5.94. The van der Waals surface area contributed by atoms with E-state index in [4.69, 9.17) is 15.2 Å².